The van der Waals surface area contributed by atoms with Crippen LogP contribution in [0.15, 0.2) is 46.3 Å². The summed E-state index contributed by atoms with van der Waals surface area (Å²) in [6.45, 7) is 1.91. The Kier molecular flexibility index (Phi) is 1.94. The largest absolute Gasteiger partial charge is 0.298 e. The molecule has 65 valence electrons. The molecule has 2 N–H and O–H groups in total. The molecule has 1 aromatic carbocycles. The van der Waals surface area contributed by atoms with E-state index in [-0.39, 0.29) is 0 Å². The maximum atomic E-state index is 5.70. The normalized spacial score (nSPS) is 17.1. The molecule has 1 heterocycles. The van der Waals surface area contributed by atoms with Crippen molar-refractivity contribution in [3.63, 3.8) is 0 Å². The highest BCUT2D eigenvalue weighted by Gasteiger charge is 2.20. The Morgan fingerprint density at radius 2 is 1.77 bits per heavy atom. The Labute approximate surface area is 77.0 Å². The van der Waals surface area contributed by atoms with Gasteiger partial charge in [-0.25, -0.2) is 0 Å². The van der Waals surface area contributed by atoms with Crippen molar-refractivity contribution in [1.82, 2.24) is 0 Å². The lowest BCUT2D eigenvalue weighted by Crippen LogP contribution is -2.06. The molecule has 3 heteroatoms. The lowest BCUT2D eigenvalue weighted by molar-refractivity contribution is 1.03. The highest BCUT2D eigenvalue weighted by molar-refractivity contribution is 5.78. The van der Waals surface area contributed by atoms with Gasteiger partial charge in [0, 0.05) is 5.57 Å². The molecule has 1 aliphatic rings. The predicted octanol–water partition coefficient (Wildman–Crippen LogP) is 2.33. The molecule has 0 bridgehead atoms. The Morgan fingerprint density at radius 3 is 2.31 bits per heavy atom. The fourth-order valence-corrected chi connectivity index (χ4v) is 1.38. The van der Waals surface area contributed by atoms with Gasteiger partial charge in [-0.2, -0.15) is 10.2 Å². The fraction of sp³-hybridized carbons (Fsp3) is 0.100. The first-order valence-corrected chi connectivity index (χ1v) is 4.10. The molecule has 1 radical (unpaired) electrons. The molecule has 13 heavy (non-hydrogen) atoms. The van der Waals surface area contributed by atoms with Crippen LogP contribution in [0.2, 0.25) is 0 Å². The van der Waals surface area contributed by atoms with Gasteiger partial charge in [0.05, 0.1) is 5.70 Å². The third kappa shape index (κ3) is 1.38. The lowest BCUT2D eigenvalue weighted by Gasteiger charge is -2.05. The summed E-state index contributed by atoms with van der Waals surface area (Å²) in [5.74, 6) is 0. The van der Waals surface area contributed by atoms with Crippen LogP contribution < -0.4 is 5.73 Å². The minimum Gasteiger partial charge on any atom is -0.298 e. The molecule has 2 rings (SSSR count). The molecule has 0 atom stereocenters. The zero-order valence-electron chi connectivity index (χ0n) is 7.36. The summed E-state index contributed by atoms with van der Waals surface area (Å²) in [5.41, 5.74) is 8.59. The first-order chi connectivity index (χ1) is 6.29. The van der Waals surface area contributed by atoms with Crippen LogP contribution in [0, 0.1) is 6.17 Å². The number of rotatable bonds is 1. The number of benzene rings is 1. The van der Waals surface area contributed by atoms with E-state index in [1.165, 1.54) is 0 Å². The Balaban J connectivity index is 2.44. The van der Waals surface area contributed by atoms with E-state index >= 15 is 0 Å². The summed E-state index contributed by atoms with van der Waals surface area (Å²) in [6, 6.07) is 9.92. The molecule has 0 saturated carbocycles. The topological polar surface area (TPSA) is 50.7 Å². The molecule has 0 aliphatic carbocycles. The van der Waals surface area contributed by atoms with Gasteiger partial charge in [0.15, 0.2) is 0 Å². The van der Waals surface area contributed by atoms with Gasteiger partial charge in [-0.15, -0.1) is 0 Å². The molecule has 1 aromatic rings. The van der Waals surface area contributed by atoms with Crippen LogP contribution in [0.5, 0.6) is 0 Å². The molecule has 0 saturated heterocycles. The van der Waals surface area contributed by atoms with Crippen molar-refractivity contribution >= 4 is 5.57 Å². The van der Waals surface area contributed by atoms with Crippen LogP contribution in [0.1, 0.15) is 12.5 Å². The number of hydrogen-bond acceptors (Lipinski definition) is 3. The second-order valence-corrected chi connectivity index (χ2v) is 2.91. The van der Waals surface area contributed by atoms with Crippen molar-refractivity contribution < 1.29 is 0 Å². The fourth-order valence-electron chi connectivity index (χ4n) is 1.38. The van der Waals surface area contributed by atoms with Gasteiger partial charge in [-0.1, -0.05) is 30.3 Å². The Morgan fingerprint density at radius 1 is 1.08 bits per heavy atom. The number of azo groups is 1. The van der Waals surface area contributed by atoms with Crippen LogP contribution >= 0.6 is 0 Å². The van der Waals surface area contributed by atoms with E-state index < -0.39 is 0 Å². The summed E-state index contributed by atoms with van der Waals surface area (Å²) < 4.78 is 0. The van der Waals surface area contributed by atoms with Gasteiger partial charge in [0.25, 0.3) is 0 Å². The molecule has 0 unspecified atom stereocenters. The third-order valence-electron chi connectivity index (χ3n) is 1.99. The first kappa shape index (κ1) is 8.13. The molecule has 0 fully saturated rings. The molecular formula is C10H10N3. The van der Waals surface area contributed by atoms with Crippen molar-refractivity contribution in [2.45, 2.75) is 6.92 Å². The number of allylic oxidation sites excluding steroid dienone is 1. The highest BCUT2D eigenvalue weighted by Crippen LogP contribution is 2.31. The molecule has 0 spiro atoms. The first-order valence-electron chi connectivity index (χ1n) is 4.10. The van der Waals surface area contributed by atoms with Gasteiger partial charge in [-0.05, 0) is 12.5 Å². The van der Waals surface area contributed by atoms with E-state index in [1.807, 2.05) is 37.3 Å². The highest BCUT2D eigenvalue weighted by atomic mass is 15.2. The zero-order valence-corrected chi connectivity index (χ0v) is 7.36. The van der Waals surface area contributed by atoms with Crippen LogP contribution in [0.25, 0.3) is 5.57 Å². The SMILES string of the molecule is CC1=C(c2ccccc2)[C](N)N=N1. The van der Waals surface area contributed by atoms with E-state index in [2.05, 4.69) is 10.2 Å². The molecular weight excluding hydrogens is 162 g/mol. The summed E-state index contributed by atoms with van der Waals surface area (Å²) in [7, 11) is 0. The minimum absolute atomic E-state index is 0.503. The monoisotopic (exact) mass is 172 g/mol. The summed E-state index contributed by atoms with van der Waals surface area (Å²) >= 11 is 0. The standard InChI is InChI=1S/C10H10N3/c1-7-9(10(11)13-12-7)8-5-3-2-4-6-8/h2-6H,11H2,1H3. The van der Waals surface area contributed by atoms with Crippen molar-refractivity contribution in [3.8, 4) is 0 Å². The van der Waals surface area contributed by atoms with E-state index in [4.69, 9.17) is 5.73 Å². The maximum Gasteiger partial charge on any atom is 0.202 e. The van der Waals surface area contributed by atoms with Crippen molar-refractivity contribution in [1.29, 1.82) is 0 Å². The van der Waals surface area contributed by atoms with Gasteiger partial charge >= 0.3 is 0 Å². The van der Waals surface area contributed by atoms with Crippen LogP contribution in [0.3, 0.4) is 0 Å². The lowest BCUT2D eigenvalue weighted by atomic mass is 10.0. The molecule has 3 nitrogen and oxygen atoms in total. The van der Waals surface area contributed by atoms with Crippen LogP contribution in [0.4, 0.5) is 0 Å². The second kappa shape index (κ2) is 3.11. The molecule has 0 amide bonds. The average Bonchev–Trinajstić information content (AvgIpc) is 2.48. The maximum absolute atomic E-state index is 5.70. The van der Waals surface area contributed by atoms with E-state index in [9.17, 15) is 0 Å². The van der Waals surface area contributed by atoms with Gasteiger partial charge in [0.1, 0.15) is 0 Å². The quantitative estimate of drug-likeness (QED) is 0.694. The van der Waals surface area contributed by atoms with E-state index in [1.54, 1.807) is 0 Å². The number of nitrogens with two attached hydrogens (primary N) is 1. The van der Waals surface area contributed by atoms with Crippen molar-refractivity contribution in [2.75, 3.05) is 0 Å². The zero-order chi connectivity index (χ0) is 9.26. The van der Waals surface area contributed by atoms with Crippen LogP contribution in [-0.2, 0) is 0 Å². The van der Waals surface area contributed by atoms with Crippen molar-refractivity contribution in [2.24, 2.45) is 16.0 Å². The van der Waals surface area contributed by atoms with E-state index in [0.717, 1.165) is 16.8 Å². The number of hydrogen-bond donors (Lipinski definition) is 1. The summed E-state index contributed by atoms with van der Waals surface area (Å²) in [4.78, 5) is 0. The Bertz CT molecular complexity index is 365. The van der Waals surface area contributed by atoms with Crippen molar-refractivity contribution in [3.05, 3.63) is 47.8 Å². The average molecular weight is 172 g/mol. The molecule has 0 aromatic heterocycles. The van der Waals surface area contributed by atoms with Gasteiger partial charge < -0.3 is 0 Å². The summed E-state index contributed by atoms with van der Waals surface area (Å²) in [6.07, 6.45) is 0.503. The predicted molar refractivity (Wildman–Crippen MR) is 51.3 cm³/mol. The van der Waals surface area contributed by atoms with Crippen LogP contribution in [-0.4, -0.2) is 0 Å². The number of nitrogens with zero attached hydrogens (tertiary/aromatic N) is 2. The molecule has 1 aliphatic heterocycles. The van der Waals surface area contributed by atoms with Gasteiger partial charge in [-0.3, -0.25) is 5.73 Å². The second-order valence-electron chi connectivity index (χ2n) is 2.91. The smallest absolute Gasteiger partial charge is 0.202 e. The minimum atomic E-state index is 0.503. The third-order valence-corrected chi connectivity index (χ3v) is 1.99. The van der Waals surface area contributed by atoms with E-state index in [0.29, 0.717) is 6.17 Å². The summed E-state index contributed by atoms with van der Waals surface area (Å²) in [5, 5.41) is 7.74. The Hall–Kier alpha value is -1.48. The van der Waals surface area contributed by atoms with Gasteiger partial charge in [0.2, 0.25) is 6.17 Å².